The molecule has 2 atom stereocenters. The minimum absolute atomic E-state index is 0.237. The van der Waals surface area contributed by atoms with Gasteiger partial charge in [0.1, 0.15) is 6.10 Å². The number of pyridine rings is 1. The zero-order valence-corrected chi connectivity index (χ0v) is 11.9. The number of rotatable bonds is 3. The zero-order valence-electron chi connectivity index (χ0n) is 10.3. The van der Waals surface area contributed by atoms with Crippen molar-refractivity contribution in [3.05, 3.63) is 22.3 Å². The Morgan fingerprint density at radius 3 is 2.82 bits per heavy atom. The lowest BCUT2D eigenvalue weighted by Gasteiger charge is -2.28. The molecule has 1 aliphatic rings. The van der Waals surface area contributed by atoms with E-state index in [9.17, 15) is 0 Å². The van der Waals surface area contributed by atoms with E-state index in [0.29, 0.717) is 6.10 Å². The lowest BCUT2D eigenvalue weighted by atomic mass is 9.95. The molecule has 0 spiro atoms. The van der Waals surface area contributed by atoms with Gasteiger partial charge in [0.05, 0.1) is 6.10 Å². The molecule has 1 heterocycles. The molecule has 0 aliphatic heterocycles. The standard InChI is InChI=1S/C13H18BrNO2/c1-9-6-10(14)8-15-13(9)17-12-5-3-4-11(7-12)16-2/h6,8,11-12H,3-5,7H2,1-2H3. The number of halogens is 1. The number of nitrogens with zero attached hydrogens (tertiary/aromatic N) is 1. The van der Waals surface area contributed by atoms with Gasteiger partial charge in [0.15, 0.2) is 0 Å². The van der Waals surface area contributed by atoms with E-state index in [-0.39, 0.29) is 6.10 Å². The largest absolute Gasteiger partial charge is 0.474 e. The molecule has 3 nitrogen and oxygen atoms in total. The number of aryl methyl sites for hydroxylation is 1. The molecule has 1 aliphatic carbocycles. The van der Waals surface area contributed by atoms with Gasteiger partial charge in [-0.25, -0.2) is 4.98 Å². The maximum atomic E-state index is 5.96. The summed E-state index contributed by atoms with van der Waals surface area (Å²) in [5, 5.41) is 0. The Kier molecular flexibility index (Phi) is 4.40. The van der Waals surface area contributed by atoms with Crippen LogP contribution in [0.1, 0.15) is 31.2 Å². The molecule has 0 N–H and O–H groups in total. The van der Waals surface area contributed by atoms with E-state index >= 15 is 0 Å². The van der Waals surface area contributed by atoms with E-state index in [0.717, 1.165) is 35.2 Å². The molecule has 1 aromatic heterocycles. The average Bonchev–Trinajstić information content (AvgIpc) is 2.33. The van der Waals surface area contributed by atoms with Crippen LogP contribution in [0.4, 0.5) is 0 Å². The predicted molar refractivity (Wildman–Crippen MR) is 70.4 cm³/mol. The second-order valence-corrected chi connectivity index (χ2v) is 5.46. The van der Waals surface area contributed by atoms with Crippen molar-refractivity contribution in [3.63, 3.8) is 0 Å². The quantitative estimate of drug-likeness (QED) is 0.856. The zero-order chi connectivity index (χ0) is 12.3. The van der Waals surface area contributed by atoms with E-state index in [2.05, 4.69) is 20.9 Å². The Labute approximate surface area is 111 Å². The number of ether oxygens (including phenoxy) is 2. The Balaban J connectivity index is 2.00. The summed E-state index contributed by atoms with van der Waals surface area (Å²) < 4.78 is 12.3. The van der Waals surface area contributed by atoms with Crippen LogP contribution >= 0.6 is 15.9 Å². The molecule has 0 saturated heterocycles. The van der Waals surface area contributed by atoms with Gasteiger partial charge in [-0.15, -0.1) is 0 Å². The van der Waals surface area contributed by atoms with E-state index in [4.69, 9.17) is 9.47 Å². The summed E-state index contributed by atoms with van der Waals surface area (Å²) in [5.41, 5.74) is 1.07. The topological polar surface area (TPSA) is 31.4 Å². The van der Waals surface area contributed by atoms with Gasteiger partial charge in [-0.2, -0.15) is 0 Å². The monoisotopic (exact) mass is 299 g/mol. The predicted octanol–water partition coefficient (Wildman–Crippen LogP) is 3.49. The lowest BCUT2D eigenvalue weighted by Crippen LogP contribution is -2.29. The van der Waals surface area contributed by atoms with Crippen molar-refractivity contribution in [2.24, 2.45) is 0 Å². The Hall–Kier alpha value is -0.610. The fourth-order valence-corrected chi connectivity index (χ4v) is 2.68. The first-order chi connectivity index (χ1) is 8.19. The van der Waals surface area contributed by atoms with Crippen molar-refractivity contribution in [2.75, 3.05) is 7.11 Å². The second kappa shape index (κ2) is 5.83. The van der Waals surface area contributed by atoms with Crippen LogP contribution in [0.5, 0.6) is 5.88 Å². The van der Waals surface area contributed by atoms with Gasteiger partial charge in [0.2, 0.25) is 5.88 Å². The van der Waals surface area contributed by atoms with Gasteiger partial charge in [-0.3, -0.25) is 0 Å². The summed E-state index contributed by atoms with van der Waals surface area (Å²) >= 11 is 3.40. The number of aromatic nitrogens is 1. The van der Waals surface area contributed by atoms with E-state index in [1.54, 1.807) is 13.3 Å². The molecule has 1 fully saturated rings. The van der Waals surface area contributed by atoms with Gasteiger partial charge < -0.3 is 9.47 Å². The molecule has 4 heteroatoms. The molecule has 2 unspecified atom stereocenters. The third-order valence-electron chi connectivity index (χ3n) is 3.19. The van der Waals surface area contributed by atoms with Crippen LogP contribution in [-0.2, 0) is 4.74 Å². The molecule has 94 valence electrons. The highest BCUT2D eigenvalue weighted by molar-refractivity contribution is 9.10. The van der Waals surface area contributed by atoms with E-state index in [1.165, 1.54) is 6.42 Å². The van der Waals surface area contributed by atoms with Crippen molar-refractivity contribution in [2.45, 2.75) is 44.8 Å². The number of methoxy groups -OCH3 is 1. The first-order valence-electron chi connectivity index (χ1n) is 6.00. The van der Waals surface area contributed by atoms with Crippen molar-refractivity contribution in [1.82, 2.24) is 4.98 Å². The van der Waals surface area contributed by atoms with Crippen molar-refractivity contribution in [3.8, 4) is 5.88 Å². The molecule has 0 amide bonds. The summed E-state index contributed by atoms with van der Waals surface area (Å²) in [6.45, 7) is 2.02. The van der Waals surface area contributed by atoms with Gasteiger partial charge in [0, 0.05) is 29.8 Å². The highest BCUT2D eigenvalue weighted by Gasteiger charge is 2.23. The number of hydrogen-bond acceptors (Lipinski definition) is 3. The summed E-state index contributed by atoms with van der Waals surface area (Å²) in [4.78, 5) is 4.31. The summed E-state index contributed by atoms with van der Waals surface area (Å²) in [6, 6.07) is 2.03. The average molecular weight is 300 g/mol. The van der Waals surface area contributed by atoms with Crippen LogP contribution in [0.25, 0.3) is 0 Å². The van der Waals surface area contributed by atoms with E-state index in [1.807, 2.05) is 13.0 Å². The van der Waals surface area contributed by atoms with Crippen LogP contribution in [0.15, 0.2) is 16.7 Å². The summed E-state index contributed by atoms with van der Waals surface area (Å²) in [5.74, 6) is 0.745. The van der Waals surface area contributed by atoms with Crippen LogP contribution < -0.4 is 4.74 Å². The van der Waals surface area contributed by atoms with Crippen LogP contribution in [-0.4, -0.2) is 24.3 Å². The highest BCUT2D eigenvalue weighted by atomic mass is 79.9. The molecular weight excluding hydrogens is 282 g/mol. The summed E-state index contributed by atoms with van der Waals surface area (Å²) in [6.07, 6.45) is 6.72. The molecule has 17 heavy (non-hydrogen) atoms. The van der Waals surface area contributed by atoms with Gasteiger partial charge >= 0.3 is 0 Å². The van der Waals surface area contributed by atoms with Crippen molar-refractivity contribution >= 4 is 15.9 Å². The number of hydrogen-bond donors (Lipinski definition) is 0. The molecule has 0 aromatic carbocycles. The van der Waals surface area contributed by atoms with Gasteiger partial charge in [-0.05, 0) is 48.2 Å². The fraction of sp³-hybridized carbons (Fsp3) is 0.615. The third-order valence-corrected chi connectivity index (χ3v) is 3.62. The molecule has 0 radical (unpaired) electrons. The Morgan fingerprint density at radius 1 is 1.35 bits per heavy atom. The minimum atomic E-state index is 0.237. The van der Waals surface area contributed by atoms with Crippen LogP contribution in [0.2, 0.25) is 0 Å². The molecular formula is C13H18BrNO2. The minimum Gasteiger partial charge on any atom is -0.474 e. The Bertz CT molecular complexity index is 384. The lowest BCUT2D eigenvalue weighted by molar-refractivity contribution is 0.0192. The maximum absolute atomic E-state index is 5.96. The molecule has 1 saturated carbocycles. The first kappa shape index (κ1) is 12.8. The van der Waals surface area contributed by atoms with E-state index < -0.39 is 0 Å². The molecule has 2 rings (SSSR count). The van der Waals surface area contributed by atoms with Crippen LogP contribution in [0.3, 0.4) is 0 Å². The third kappa shape index (κ3) is 3.42. The maximum Gasteiger partial charge on any atom is 0.216 e. The van der Waals surface area contributed by atoms with Gasteiger partial charge in [-0.1, -0.05) is 0 Å². The first-order valence-corrected chi connectivity index (χ1v) is 6.80. The normalized spacial score (nSPS) is 24.6. The van der Waals surface area contributed by atoms with Crippen LogP contribution in [0, 0.1) is 6.92 Å². The van der Waals surface area contributed by atoms with Crippen molar-refractivity contribution < 1.29 is 9.47 Å². The summed E-state index contributed by atoms with van der Waals surface area (Å²) in [7, 11) is 1.77. The Morgan fingerprint density at radius 2 is 2.12 bits per heavy atom. The fourth-order valence-electron chi connectivity index (χ4n) is 2.23. The SMILES string of the molecule is COC1CCCC(Oc2ncc(Br)cc2C)C1. The highest BCUT2D eigenvalue weighted by Crippen LogP contribution is 2.26. The molecule has 0 bridgehead atoms. The van der Waals surface area contributed by atoms with Gasteiger partial charge in [0.25, 0.3) is 0 Å². The van der Waals surface area contributed by atoms with Crippen molar-refractivity contribution in [1.29, 1.82) is 0 Å². The molecule has 1 aromatic rings. The second-order valence-electron chi connectivity index (χ2n) is 4.54. The smallest absolute Gasteiger partial charge is 0.216 e.